The first-order valence-corrected chi connectivity index (χ1v) is 13.0. The normalized spacial score (nSPS) is 11.7. The van der Waals surface area contributed by atoms with Gasteiger partial charge in [-0.25, -0.2) is 29.9 Å². The standard InChI is InChI=1S/C32H18N8.Cr/c1-2-10-18-17(9-1)25-33-26(18)38-28-21-13-5-6-14-22(21)30(35-28)40-32-24-16-8-7-15-23(24)31(36-32)39-29-20-12-4-3-11-19(20)27(34-29)37-25;/h1-16H,(H2,33,34,35,36,37,38,39,40);/q;+2. The SMILES string of the molecule is [Cr+2].c1ccc2c(c1)-c1nc-2nc2[nH]c(nc3nc(nc4[nH]c(n1)c1ccccc41)-c1ccccc1-3)c1ccccc21. The molecular formula is C32H18CrN8+2. The van der Waals surface area contributed by atoms with Gasteiger partial charge in [0.1, 0.15) is 22.6 Å². The summed E-state index contributed by atoms with van der Waals surface area (Å²) in [6.45, 7) is 0. The van der Waals surface area contributed by atoms with Crippen LogP contribution in [0.25, 0.3) is 89.7 Å². The predicted octanol–water partition coefficient (Wildman–Crippen LogP) is 6.87. The summed E-state index contributed by atoms with van der Waals surface area (Å²) in [6, 6.07) is 32.2. The number of aromatic amines is 2. The largest absolute Gasteiger partial charge is 2.00 e. The molecule has 3 aromatic heterocycles. The van der Waals surface area contributed by atoms with Gasteiger partial charge < -0.3 is 9.97 Å². The second-order valence-corrected chi connectivity index (χ2v) is 9.79. The molecule has 8 bridgehead atoms. The van der Waals surface area contributed by atoms with E-state index in [2.05, 4.69) is 9.97 Å². The zero-order chi connectivity index (χ0) is 26.2. The van der Waals surface area contributed by atoms with E-state index in [0.717, 1.165) is 43.8 Å². The third-order valence-electron chi connectivity index (χ3n) is 7.46. The first-order valence-electron chi connectivity index (χ1n) is 13.0. The Labute approximate surface area is 243 Å². The Morgan fingerprint density at radius 1 is 0.317 bits per heavy atom. The molecule has 2 aliphatic rings. The molecule has 0 fully saturated rings. The monoisotopic (exact) mass is 566 g/mol. The maximum Gasteiger partial charge on any atom is 2.00 e. The minimum atomic E-state index is 0. The molecule has 0 unspecified atom stereocenters. The van der Waals surface area contributed by atoms with Crippen LogP contribution in [0.3, 0.4) is 0 Å². The quantitative estimate of drug-likeness (QED) is 0.207. The first-order chi connectivity index (χ1) is 19.8. The van der Waals surface area contributed by atoms with E-state index in [1.165, 1.54) is 0 Å². The summed E-state index contributed by atoms with van der Waals surface area (Å²) < 4.78 is 0. The number of hydrogen-bond acceptors (Lipinski definition) is 6. The fraction of sp³-hybridized carbons (Fsp3) is 0. The number of hydrogen-bond donors (Lipinski definition) is 2. The molecule has 0 amide bonds. The van der Waals surface area contributed by atoms with Crippen LogP contribution in [0, 0.1) is 0 Å². The van der Waals surface area contributed by atoms with E-state index in [0.29, 0.717) is 45.9 Å². The van der Waals surface area contributed by atoms with E-state index >= 15 is 0 Å². The van der Waals surface area contributed by atoms with Crippen LogP contribution in [0.1, 0.15) is 0 Å². The van der Waals surface area contributed by atoms with Crippen LogP contribution >= 0.6 is 0 Å². The summed E-state index contributed by atoms with van der Waals surface area (Å²) in [5, 5.41) is 3.82. The molecule has 7 aromatic rings. The second-order valence-electron chi connectivity index (χ2n) is 9.79. The summed E-state index contributed by atoms with van der Waals surface area (Å²) >= 11 is 0. The molecule has 5 heterocycles. The van der Waals surface area contributed by atoms with Crippen molar-refractivity contribution in [1.82, 2.24) is 39.9 Å². The van der Waals surface area contributed by atoms with Crippen molar-refractivity contribution in [3.05, 3.63) is 97.1 Å². The van der Waals surface area contributed by atoms with Gasteiger partial charge in [0.15, 0.2) is 23.3 Å². The van der Waals surface area contributed by atoms with Crippen LogP contribution in [-0.2, 0) is 17.4 Å². The van der Waals surface area contributed by atoms with E-state index in [9.17, 15) is 0 Å². The summed E-state index contributed by atoms with van der Waals surface area (Å²) in [6.07, 6.45) is 0. The predicted molar refractivity (Wildman–Crippen MR) is 156 cm³/mol. The number of rotatable bonds is 0. The molecule has 2 aliphatic heterocycles. The number of H-pyrrole nitrogens is 2. The third kappa shape index (κ3) is 3.54. The number of fused-ring (bicyclic) bond motifs is 20. The van der Waals surface area contributed by atoms with Gasteiger partial charge in [-0.2, -0.15) is 0 Å². The average Bonchev–Trinajstić information content (AvgIpc) is 3.73. The number of nitrogens with one attached hydrogen (secondary N) is 2. The van der Waals surface area contributed by atoms with E-state index < -0.39 is 0 Å². The Kier molecular flexibility index (Phi) is 5.13. The molecule has 9 rings (SSSR count). The van der Waals surface area contributed by atoms with Crippen LogP contribution in [0.15, 0.2) is 97.1 Å². The van der Waals surface area contributed by atoms with Crippen LogP contribution in [0.4, 0.5) is 0 Å². The Morgan fingerprint density at radius 2 is 0.561 bits per heavy atom. The van der Waals surface area contributed by atoms with Gasteiger partial charge in [-0.3, -0.25) is 0 Å². The molecule has 190 valence electrons. The zero-order valence-electron chi connectivity index (χ0n) is 21.3. The van der Waals surface area contributed by atoms with Crippen LogP contribution in [-0.4, -0.2) is 39.9 Å². The van der Waals surface area contributed by atoms with E-state index in [-0.39, 0.29) is 17.4 Å². The smallest absolute Gasteiger partial charge is 0.324 e. The molecule has 9 heteroatoms. The van der Waals surface area contributed by atoms with Gasteiger partial charge >= 0.3 is 17.4 Å². The van der Waals surface area contributed by atoms with Crippen molar-refractivity contribution >= 4 is 44.1 Å². The second kappa shape index (κ2) is 8.90. The summed E-state index contributed by atoms with van der Waals surface area (Å²) in [5.41, 5.74) is 6.45. The fourth-order valence-corrected chi connectivity index (χ4v) is 5.59. The first kappa shape index (κ1) is 23.6. The van der Waals surface area contributed by atoms with Crippen molar-refractivity contribution in [2.24, 2.45) is 0 Å². The van der Waals surface area contributed by atoms with E-state index in [1.807, 2.05) is 97.1 Å². The average molecular weight is 567 g/mol. The molecule has 0 aliphatic carbocycles. The van der Waals surface area contributed by atoms with Gasteiger partial charge in [0, 0.05) is 43.8 Å². The molecule has 0 atom stereocenters. The Hall–Kier alpha value is -5.23. The van der Waals surface area contributed by atoms with Crippen molar-refractivity contribution in [1.29, 1.82) is 0 Å². The summed E-state index contributed by atoms with van der Waals surface area (Å²) in [4.78, 5) is 36.8. The van der Waals surface area contributed by atoms with Gasteiger partial charge in [0.25, 0.3) is 0 Å². The van der Waals surface area contributed by atoms with Crippen LogP contribution in [0.2, 0.25) is 0 Å². The van der Waals surface area contributed by atoms with Gasteiger partial charge in [-0.05, 0) is 0 Å². The van der Waals surface area contributed by atoms with Crippen LogP contribution in [0.5, 0.6) is 0 Å². The maximum atomic E-state index is 5.02. The van der Waals surface area contributed by atoms with Gasteiger partial charge in [0.2, 0.25) is 0 Å². The van der Waals surface area contributed by atoms with E-state index in [1.54, 1.807) is 0 Å². The molecule has 8 nitrogen and oxygen atoms in total. The zero-order valence-corrected chi connectivity index (χ0v) is 22.6. The molecule has 0 radical (unpaired) electrons. The molecule has 2 N–H and O–H groups in total. The van der Waals surface area contributed by atoms with Gasteiger partial charge in [-0.15, -0.1) is 0 Å². The number of benzene rings is 4. The maximum absolute atomic E-state index is 5.02. The summed E-state index contributed by atoms with van der Waals surface area (Å²) in [5.74, 6) is 2.39. The Balaban J connectivity index is 0.00000256. The third-order valence-corrected chi connectivity index (χ3v) is 7.46. The topological polar surface area (TPSA) is 109 Å². The molecule has 4 aromatic carbocycles. The molecule has 0 saturated carbocycles. The molecule has 0 spiro atoms. The molecule has 41 heavy (non-hydrogen) atoms. The summed E-state index contributed by atoms with van der Waals surface area (Å²) in [7, 11) is 0. The molecule has 0 saturated heterocycles. The minimum absolute atomic E-state index is 0. The molecular weight excluding hydrogens is 548 g/mol. The van der Waals surface area contributed by atoms with Crippen molar-refractivity contribution in [2.45, 2.75) is 0 Å². The Morgan fingerprint density at radius 3 is 0.829 bits per heavy atom. The van der Waals surface area contributed by atoms with Gasteiger partial charge in [-0.1, -0.05) is 97.1 Å². The van der Waals surface area contributed by atoms with E-state index in [4.69, 9.17) is 29.9 Å². The van der Waals surface area contributed by atoms with Gasteiger partial charge in [0.05, 0.1) is 0 Å². The van der Waals surface area contributed by atoms with Crippen molar-refractivity contribution in [3.63, 3.8) is 0 Å². The Bertz CT molecular complexity index is 2030. The number of nitrogens with zero attached hydrogens (tertiary/aromatic N) is 6. The fourth-order valence-electron chi connectivity index (χ4n) is 5.59. The van der Waals surface area contributed by atoms with Crippen molar-refractivity contribution < 1.29 is 17.4 Å². The van der Waals surface area contributed by atoms with Crippen LogP contribution < -0.4 is 0 Å². The van der Waals surface area contributed by atoms with Crippen molar-refractivity contribution in [3.8, 4) is 45.6 Å². The minimum Gasteiger partial charge on any atom is -0.324 e. The number of aromatic nitrogens is 8. The van der Waals surface area contributed by atoms with Crippen molar-refractivity contribution in [2.75, 3.05) is 0 Å².